The number of nitrogens with one attached hydrogen (secondary N) is 2. The Balaban J connectivity index is 2.25. The van der Waals surface area contributed by atoms with E-state index in [4.69, 9.17) is 5.73 Å². The van der Waals surface area contributed by atoms with Crippen LogP contribution in [0.25, 0.3) is 0 Å². The molecule has 16 heavy (non-hydrogen) atoms. The topological polar surface area (TPSA) is 67.2 Å². The third-order valence-electron chi connectivity index (χ3n) is 2.98. The van der Waals surface area contributed by atoms with Crippen LogP contribution in [0.4, 0.5) is 11.4 Å². The molecule has 1 amide bonds. The molecule has 4 heteroatoms. The van der Waals surface area contributed by atoms with E-state index >= 15 is 0 Å². The maximum absolute atomic E-state index is 11.5. The molecular weight excluding hydrogens is 202 g/mol. The van der Waals surface area contributed by atoms with Gasteiger partial charge in [-0.25, -0.2) is 0 Å². The van der Waals surface area contributed by atoms with Gasteiger partial charge in [-0.1, -0.05) is 0 Å². The largest absolute Gasteiger partial charge is 0.397 e. The molecule has 1 saturated carbocycles. The Morgan fingerprint density at radius 1 is 1.44 bits per heavy atom. The molecule has 0 radical (unpaired) electrons. The maximum atomic E-state index is 11.5. The van der Waals surface area contributed by atoms with E-state index in [2.05, 4.69) is 17.6 Å². The highest BCUT2D eigenvalue weighted by Gasteiger charge is 2.37. The molecule has 2 rings (SSSR count). The zero-order valence-electron chi connectivity index (χ0n) is 9.63. The summed E-state index contributed by atoms with van der Waals surface area (Å²) < 4.78 is 0. The first kappa shape index (κ1) is 10.8. The first-order chi connectivity index (χ1) is 7.54. The van der Waals surface area contributed by atoms with E-state index in [0.717, 1.165) is 18.5 Å². The molecule has 86 valence electrons. The van der Waals surface area contributed by atoms with Gasteiger partial charge >= 0.3 is 0 Å². The molecule has 4 N–H and O–H groups in total. The summed E-state index contributed by atoms with van der Waals surface area (Å²) >= 11 is 0. The lowest BCUT2D eigenvalue weighted by Crippen LogP contribution is -2.20. The van der Waals surface area contributed by atoms with Crippen LogP contribution in [0.1, 0.15) is 30.1 Å². The van der Waals surface area contributed by atoms with Gasteiger partial charge in [-0.15, -0.1) is 0 Å². The van der Waals surface area contributed by atoms with Crippen LogP contribution in [0.15, 0.2) is 18.2 Å². The van der Waals surface area contributed by atoms with Crippen molar-refractivity contribution in [2.45, 2.75) is 25.3 Å². The molecule has 0 aromatic heterocycles. The summed E-state index contributed by atoms with van der Waals surface area (Å²) in [5.74, 6) is -0.0935. The quantitative estimate of drug-likeness (QED) is 0.676. The van der Waals surface area contributed by atoms with Gasteiger partial charge in [-0.3, -0.25) is 4.79 Å². The molecular formula is C12H17N3O. The average molecular weight is 219 g/mol. The fraction of sp³-hybridized carbons (Fsp3) is 0.417. The van der Waals surface area contributed by atoms with Gasteiger partial charge in [0.25, 0.3) is 5.91 Å². The molecule has 0 bridgehead atoms. The van der Waals surface area contributed by atoms with E-state index in [1.54, 1.807) is 25.2 Å². The van der Waals surface area contributed by atoms with Gasteiger partial charge in [0.15, 0.2) is 0 Å². The smallest absolute Gasteiger partial charge is 0.251 e. The van der Waals surface area contributed by atoms with Crippen LogP contribution < -0.4 is 16.4 Å². The number of rotatable bonds is 3. The van der Waals surface area contributed by atoms with E-state index in [1.807, 2.05) is 0 Å². The predicted molar refractivity (Wildman–Crippen MR) is 65.5 cm³/mol. The van der Waals surface area contributed by atoms with Gasteiger partial charge in [0.1, 0.15) is 0 Å². The van der Waals surface area contributed by atoms with Crippen molar-refractivity contribution in [1.82, 2.24) is 5.32 Å². The normalized spacial score (nSPS) is 16.6. The van der Waals surface area contributed by atoms with Crippen molar-refractivity contribution in [2.75, 3.05) is 18.1 Å². The molecule has 4 nitrogen and oxygen atoms in total. The van der Waals surface area contributed by atoms with Crippen LogP contribution in [0.3, 0.4) is 0 Å². The third-order valence-corrected chi connectivity index (χ3v) is 2.98. The van der Waals surface area contributed by atoms with Crippen molar-refractivity contribution in [3.05, 3.63) is 23.8 Å². The van der Waals surface area contributed by atoms with E-state index < -0.39 is 0 Å². The van der Waals surface area contributed by atoms with Crippen LogP contribution in [0.2, 0.25) is 0 Å². The number of anilines is 2. The van der Waals surface area contributed by atoms with Crippen LogP contribution in [0.5, 0.6) is 0 Å². The lowest BCUT2D eigenvalue weighted by atomic mass is 10.1. The highest BCUT2D eigenvalue weighted by atomic mass is 16.1. The summed E-state index contributed by atoms with van der Waals surface area (Å²) in [5.41, 5.74) is 8.19. The highest BCUT2D eigenvalue weighted by Crippen LogP contribution is 2.39. The van der Waals surface area contributed by atoms with E-state index in [1.165, 1.54) is 0 Å². The molecule has 1 fully saturated rings. The fourth-order valence-corrected chi connectivity index (χ4v) is 1.59. The molecule has 0 spiro atoms. The van der Waals surface area contributed by atoms with E-state index in [0.29, 0.717) is 11.3 Å². The van der Waals surface area contributed by atoms with Crippen molar-refractivity contribution >= 4 is 17.3 Å². The number of nitrogens with two attached hydrogens (primary N) is 1. The number of hydrogen-bond donors (Lipinski definition) is 3. The first-order valence-electron chi connectivity index (χ1n) is 5.44. The zero-order chi connectivity index (χ0) is 11.8. The van der Waals surface area contributed by atoms with Crippen molar-refractivity contribution < 1.29 is 4.79 Å². The monoisotopic (exact) mass is 219 g/mol. The minimum Gasteiger partial charge on any atom is -0.397 e. The molecule has 0 unspecified atom stereocenters. The van der Waals surface area contributed by atoms with Crippen molar-refractivity contribution in [1.29, 1.82) is 0 Å². The summed E-state index contributed by atoms with van der Waals surface area (Å²) in [6, 6.07) is 5.30. The molecule has 0 heterocycles. The molecule has 1 aromatic rings. The lowest BCUT2D eigenvalue weighted by molar-refractivity contribution is 0.0963. The Hall–Kier alpha value is -1.71. The van der Waals surface area contributed by atoms with Crippen LogP contribution in [-0.4, -0.2) is 18.5 Å². The minimum absolute atomic E-state index is 0.0935. The van der Waals surface area contributed by atoms with Gasteiger partial charge < -0.3 is 16.4 Å². The SMILES string of the molecule is CNC(=O)c1ccc(N)c(NC2(C)CC2)c1. The first-order valence-corrected chi connectivity index (χ1v) is 5.44. The van der Waals surface area contributed by atoms with Gasteiger partial charge in [-0.05, 0) is 38.0 Å². The van der Waals surface area contributed by atoms with Crippen LogP contribution >= 0.6 is 0 Å². The molecule has 0 aliphatic heterocycles. The number of hydrogen-bond acceptors (Lipinski definition) is 3. The van der Waals surface area contributed by atoms with Gasteiger partial charge in [-0.2, -0.15) is 0 Å². The van der Waals surface area contributed by atoms with Gasteiger partial charge in [0.2, 0.25) is 0 Å². The Morgan fingerprint density at radius 2 is 2.12 bits per heavy atom. The number of carbonyl (C=O) groups is 1. The van der Waals surface area contributed by atoms with Gasteiger partial charge in [0.05, 0.1) is 11.4 Å². The molecule has 1 aliphatic carbocycles. The average Bonchev–Trinajstić information content (AvgIpc) is 2.98. The van der Waals surface area contributed by atoms with E-state index in [9.17, 15) is 4.79 Å². The van der Waals surface area contributed by atoms with Gasteiger partial charge in [0, 0.05) is 18.2 Å². The fourth-order valence-electron chi connectivity index (χ4n) is 1.59. The Labute approximate surface area is 95.2 Å². The zero-order valence-corrected chi connectivity index (χ0v) is 9.63. The Kier molecular flexibility index (Phi) is 2.50. The number of amides is 1. The maximum Gasteiger partial charge on any atom is 0.251 e. The summed E-state index contributed by atoms with van der Waals surface area (Å²) in [7, 11) is 1.62. The second-order valence-corrected chi connectivity index (χ2v) is 4.57. The standard InChI is InChI=1S/C12H17N3O/c1-12(5-6-12)15-10-7-8(11(16)14-2)3-4-9(10)13/h3-4,7,15H,5-6,13H2,1-2H3,(H,14,16). The van der Waals surface area contributed by atoms with Crippen LogP contribution in [-0.2, 0) is 0 Å². The predicted octanol–water partition coefficient (Wildman–Crippen LogP) is 1.59. The summed E-state index contributed by atoms with van der Waals surface area (Å²) in [6.45, 7) is 2.15. The molecule has 1 aromatic carbocycles. The third kappa shape index (κ3) is 2.10. The van der Waals surface area contributed by atoms with E-state index in [-0.39, 0.29) is 11.4 Å². The number of nitrogen functional groups attached to an aromatic ring is 1. The highest BCUT2D eigenvalue weighted by molar-refractivity contribution is 5.96. The minimum atomic E-state index is -0.0935. The number of benzene rings is 1. The van der Waals surface area contributed by atoms with Crippen molar-refractivity contribution in [3.8, 4) is 0 Å². The van der Waals surface area contributed by atoms with Crippen molar-refractivity contribution in [2.24, 2.45) is 0 Å². The Morgan fingerprint density at radius 3 is 2.69 bits per heavy atom. The number of carbonyl (C=O) groups excluding carboxylic acids is 1. The summed E-state index contributed by atoms with van der Waals surface area (Å²) in [5, 5.41) is 5.97. The second kappa shape index (κ2) is 3.70. The van der Waals surface area contributed by atoms with Crippen molar-refractivity contribution in [3.63, 3.8) is 0 Å². The molecule has 0 atom stereocenters. The second-order valence-electron chi connectivity index (χ2n) is 4.57. The van der Waals surface area contributed by atoms with Crippen LogP contribution in [0, 0.1) is 0 Å². The Bertz CT molecular complexity index is 424. The summed E-state index contributed by atoms with van der Waals surface area (Å²) in [6.07, 6.45) is 2.30. The lowest BCUT2D eigenvalue weighted by Gasteiger charge is -2.16. The molecule has 0 saturated heterocycles. The summed E-state index contributed by atoms with van der Waals surface area (Å²) in [4.78, 5) is 11.5. The molecule has 1 aliphatic rings.